The monoisotopic (exact) mass is 252 g/mol. The lowest BCUT2D eigenvalue weighted by Gasteiger charge is -2.27. The van der Waals surface area contributed by atoms with Gasteiger partial charge in [-0.15, -0.1) is 0 Å². The highest BCUT2D eigenvalue weighted by atomic mass is 16.5. The van der Waals surface area contributed by atoms with Crippen molar-refractivity contribution in [2.24, 2.45) is 18.7 Å². The first-order chi connectivity index (χ1) is 8.58. The van der Waals surface area contributed by atoms with Gasteiger partial charge in [-0.3, -0.25) is 4.90 Å². The molecule has 2 N–H and O–H groups in total. The third-order valence-electron chi connectivity index (χ3n) is 3.74. The summed E-state index contributed by atoms with van der Waals surface area (Å²) < 4.78 is 7.26. The van der Waals surface area contributed by atoms with Crippen LogP contribution in [0.5, 0.6) is 5.88 Å². The molecule has 2 rings (SSSR count). The average Bonchev–Trinajstić information content (AvgIpc) is 3.07. The molecule has 102 valence electrons. The number of aromatic nitrogens is 2. The van der Waals surface area contributed by atoms with Gasteiger partial charge in [0.1, 0.15) is 0 Å². The smallest absolute Gasteiger partial charge is 0.216 e. The Morgan fingerprint density at radius 3 is 2.72 bits per heavy atom. The molecule has 1 unspecified atom stereocenters. The number of rotatable bonds is 6. The van der Waals surface area contributed by atoms with Crippen LogP contribution in [0, 0.1) is 12.8 Å². The fraction of sp³-hybridized carbons (Fsp3) is 0.769. The van der Waals surface area contributed by atoms with Crippen LogP contribution < -0.4 is 10.5 Å². The van der Waals surface area contributed by atoms with Gasteiger partial charge in [0.2, 0.25) is 5.88 Å². The first kappa shape index (κ1) is 13.4. The number of likely N-dealkylation sites (N-methyl/N-ethyl adjacent to an activating group) is 1. The number of hydrogen-bond donors (Lipinski definition) is 1. The maximum Gasteiger partial charge on any atom is 0.216 e. The number of aryl methyl sites for hydroxylation is 2. The molecule has 1 aliphatic rings. The van der Waals surface area contributed by atoms with E-state index in [0.717, 1.165) is 29.6 Å². The predicted molar refractivity (Wildman–Crippen MR) is 71.6 cm³/mol. The van der Waals surface area contributed by atoms with Crippen LogP contribution in [-0.4, -0.2) is 41.9 Å². The van der Waals surface area contributed by atoms with Gasteiger partial charge in [-0.1, -0.05) is 0 Å². The number of methoxy groups -OCH3 is 1. The van der Waals surface area contributed by atoms with Crippen LogP contribution in [0.15, 0.2) is 0 Å². The molecule has 5 heteroatoms. The molecule has 0 spiro atoms. The third kappa shape index (κ3) is 2.52. The van der Waals surface area contributed by atoms with Crippen LogP contribution in [0.2, 0.25) is 0 Å². The highest BCUT2D eigenvalue weighted by molar-refractivity contribution is 5.34. The lowest BCUT2D eigenvalue weighted by molar-refractivity contribution is 0.233. The van der Waals surface area contributed by atoms with Crippen molar-refractivity contribution in [1.29, 1.82) is 0 Å². The average molecular weight is 252 g/mol. The Morgan fingerprint density at radius 1 is 1.56 bits per heavy atom. The Kier molecular flexibility index (Phi) is 3.92. The van der Waals surface area contributed by atoms with E-state index in [-0.39, 0.29) is 6.04 Å². The molecule has 1 saturated carbocycles. The Bertz CT molecular complexity index is 411. The van der Waals surface area contributed by atoms with Gasteiger partial charge in [-0.2, -0.15) is 5.10 Å². The molecule has 1 atom stereocenters. The van der Waals surface area contributed by atoms with Crippen molar-refractivity contribution in [2.75, 3.05) is 27.2 Å². The van der Waals surface area contributed by atoms with Crippen molar-refractivity contribution in [3.63, 3.8) is 0 Å². The quantitative estimate of drug-likeness (QED) is 0.823. The van der Waals surface area contributed by atoms with Crippen molar-refractivity contribution in [2.45, 2.75) is 25.8 Å². The maximum atomic E-state index is 5.97. The van der Waals surface area contributed by atoms with Gasteiger partial charge in [0.05, 0.1) is 24.4 Å². The van der Waals surface area contributed by atoms with Crippen LogP contribution in [-0.2, 0) is 7.05 Å². The van der Waals surface area contributed by atoms with E-state index < -0.39 is 0 Å². The van der Waals surface area contributed by atoms with Crippen LogP contribution in [0.4, 0.5) is 0 Å². The summed E-state index contributed by atoms with van der Waals surface area (Å²) in [6.45, 7) is 3.72. The van der Waals surface area contributed by atoms with E-state index in [4.69, 9.17) is 10.5 Å². The minimum atomic E-state index is 0.189. The molecule has 0 aromatic carbocycles. The van der Waals surface area contributed by atoms with E-state index in [2.05, 4.69) is 17.0 Å². The summed E-state index contributed by atoms with van der Waals surface area (Å²) in [4.78, 5) is 2.34. The number of nitrogens with two attached hydrogens (primary N) is 1. The van der Waals surface area contributed by atoms with E-state index in [1.807, 2.05) is 14.0 Å². The van der Waals surface area contributed by atoms with Crippen LogP contribution in [0.1, 0.15) is 30.1 Å². The molecule has 18 heavy (non-hydrogen) atoms. The Balaban J connectivity index is 2.24. The van der Waals surface area contributed by atoms with Gasteiger partial charge in [0.15, 0.2) is 0 Å². The predicted octanol–water partition coefficient (Wildman–Crippen LogP) is 1.08. The summed E-state index contributed by atoms with van der Waals surface area (Å²) in [5.74, 6) is 1.68. The molecule has 1 aromatic rings. The molecule has 1 heterocycles. The van der Waals surface area contributed by atoms with E-state index >= 15 is 0 Å². The van der Waals surface area contributed by atoms with Gasteiger partial charge >= 0.3 is 0 Å². The topological polar surface area (TPSA) is 56.3 Å². The largest absolute Gasteiger partial charge is 0.481 e. The molecule has 0 radical (unpaired) electrons. The SMILES string of the molecule is COc1c(C(CN)N(C)CC2CC2)c(C)nn1C. The zero-order valence-electron chi connectivity index (χ0n) is 11.8. The van der Waals surface area contributed by atoms with Crippen LogP contribution in [0.3, 0.4) is 0 Å². The minimum Gasteiger partial charge on any atom is -0.481 e. The van der Waals surface area contributed by atoms with E-state index in [1.54, 1.807) is 11.8 Å². The van der Waals surface area contributed by atoms with E-state index in [9.17, 15) is 0 Å². The second kappa shape index (κ2) is 5.28. The summed E-state index contributed by atoms with van der Waals surface area (Å²) in [6.07, 6.45) is 2.70. The van der Waals surface area contributed by atoms with Gasteiger partial charge in [0, 0.05) is 20.1 Å². The fourth-order valence-electron chi connectivity index (χ4n) is 2.63. The summed E-state index contributed by atoms with van der Waals surface area (Å²) in [5.41, 5.74) is 8.11. The number of nitrogens with zero attached hydrogens (tertiary/aromatic N) is 3. The number of ether oxygens (including phenoxy) is 1. The second-order valence-corrected chi connectivity index (χ2v) is 5.27. The Morgan fingerprint density at radius 2 is 2.22 bits per heavy atom. The fourth-order valence-corrected chi connectivity index (χ4v) is 2.63. The zero-order valence-corrected chi connectivity index (χ0v) is 11.8. The lowest BCUT2D eigenvalue weighted by atomic mass is 10.1. The summed E-state index contributed by atoms with van der Waals surface area (Å²) in [5, 5.41) is 4.44. The molecule has 5 nitrogen and oxygen atoms in total. The highest BCUT2D eigenvalue weighted by Crippen LogP contribution is 2.35. The third-order valence-corrected chi connectivity index (χ3v) is 3.74. The second-order valence-electron chi connectivity index (χ2n) is 5.27. The van der Waals surface area contributed by atoms with E-state index in [1.165, 1.54) is 12.8 Å². The Labute approximate surface area is 109 Å². The first-order valence-corrected chi connectivity index (χ1v) is 6.56. The summed E-state index contributed by atoms with van der Waals surface area (Å²) >= 11 is 0. The normalized spacial score (nSPS) is 17.2. The van der Waals surface area contributed by atoms with Crippen molar-refractivity contribution in [1.82, 2.24) is 14.7 Å². The lowest BCUT2D eigenvalue weighted by Crippen LogP contribution is -2.32. The number of hydrogen-bond acceptors (Lipinski definition) is 4. The van der Waals surface area contributed by atoms with Gasteiger partial charge in [-0.25, -0.2) is 4.68 Å². The summed E-state index contributed by atoms with van der Waals surface area (Å²) in [7, 11) is 5.74. The molecule has 0 amide bonds. The standard InChI is InChI=1S/C13H24N4O/c1-9-12(13(18-4)17(3)15-9)11(7-14)16(2)8-10-5-6-10/h10-11H,5-8,14H2,1-4H3. The van der Waals surface area contributed by atoms with Crippen molar-refractivity contribution >= 4 is 0 Å². The summed E-state index contributed by atoms with van der Waals surface area (Å²) in [6, 6.07) is 0.189. The molecule has 1 aromatic heterocycles. The minimum absolute atomic E-state index is 0.189. The molecular weight excluding hydrogens is 228 g/mol. The van der Waals surface area contributed by atoms with Crippen LogP contribution in [0.25, 0.3) is 0 Å². The molecular formula is C13H24N4O. The van der Waals surface area contributed by atoms with Gasteiger partial charge in [-0.05, 0) is 32.7 Å². The van der Waals surface area contributed by atoms with Crippen molar-refractivity contribution in [3.8, 4) is 5.88 Å². The van der Waals surface area contributed by atoms with Gasteiger partial charge in [0.25, 0.3) is 0 Å². The molecule has 0 bridgehead atoms. The zero-order chi connectivity index (χ0) is 13.3. The first-order valence-electron chi connectivity index (χ1n) is 6.56. The molecule has 0 aliphatic heterocycles. The van der Waals surface area contributed by atoms with Crippen molar-refractivity contribution in [3.05, 3.63) is 11.3 Å². The molecule has 0 saturated heterocycles. The molecule has 1 aliphatic carbocycles. The van der Waals surface area contributed by atoms with E-state index in [0.29, 0.717) is 6.54 Å². The molecule has 1 fully saturated rings. The van der Waals surface area contributed by atoms with Gasteiger partial charge < -0.3 is 10.5 Å². The maximum absolute atomic E-state index is 5.97. The van der Waals surface area contributed by atoms with Crippen LogP contribution >= 0.6 is 0 Å². The van der Waals surface area contributed by atoms with Crippen molar-refractivity contribution < 1.29 is 4.74 Å². The Hall–Kier alpha value is -1.07. The highest BCUT2D eigenvalue weighted by Gasteiger charge is 2.30.